The predicted molar refractivity (Wildman–Crippen MR) is 118 cm³/mol. The minimum Gasteiger partial charge on any atom is -0.355 e. The number of piperidine rings is 1. The van der Waals surface area contributed by atoms with Crippen molar-refractivity contribution in [2.75, 3.05) is 19.6 Å². The number of carbonyl (C=O) groups is 2. The quantitative estimate of drug-likeness (QED) is 0.646. The van der Waals surface area contributed by atoms with Gasteiger partial charge in [-0.25, -0.2) is 4.39 Å². The minimum atomic E-state index is -0.378. The zero-order valence-electron chi connectivity index (χ0n) is 18.0. The normalized spacial score (nSPS) is 16.1. The van der Waals surface area contributed by atoms with Gasteiger partial charge in [0.25, 0.3) is 5.91 Å². The molecule has 2 heterocycles. The average Bonchev–Trinajstić information content (AvgIpc) is 3.20. The van der Waals surface area contributed by atoms with Crippen LogP contribution in [0.5, 0.6) is 0 Å². The van der Waals surface area contributed by atoms with Crippen LogP contribution >= 0.6 is 0 Å². The van der Waals surface area contributed by atoms with Crippen molar-refractivity contribution >= 4 is 11.8 Å². The third-order valence-corrected chi connectivity index (χ3v) is 5.82. The molecule has 1 aliphatic heterocycles. The topological polar surface area (TPSA) is 80.1 Å². The van der Waals surface area contributed by atoms with Crippen LogP contribution in [0.15, 0.2) is 54.6 Å². The molecule has 0 aliphatic carbocycles. The Morgan fingerprint density at radius 2 is 1.84 bits per heavy atom. The van der Waals surface area contributed by atoms with Gasteiger partial charge in [0.2, 0.25) is 5.91 Å². The number of amides is 2. The zero-order valence-corrected chi connectivity index (χ0v) is 18.0. The second kappa shape index (κ2) is 9.72. The van der Waals surface area contributed by atoms with Crippen molar-refractivity contribution in [3.05, 3.63) is 71.8 Å². The number of aromatic nitrogens is 3. The Morgan fingerprint density at radius 3 is 2.59 bits per heavy atom. The van der Waals surface area contributed by atoms with Crippen LogP contribution in [0.25, 0.3) is 11.4 Å². The number of hydrogen-bond acceptors (Lipinski definition) is 4. The lowest BCUT2D eigenvalue weighted by atomic mass is 9.96. The van der Waals surface area contributed by atoms with E-state index in [1.54, 1.807) is 4.90 Å². The first-order valence-electron chi connectivity index (χ1n) is 10.8. The summed E-state index contributed by atoms with van der Waals surface area (Å²) in [5.74, 6) is 0.709. The third-order valence-electron chi connectivity index (χ3n) is 5.82. The highest BCUT2D eigenvalue weighted by atomic mass is 19.1. The van der Waals surface area contributed by atoms with Gasteiger partial charge in [-0.15, -0.1) is 10.2 Å². The van der Waals surface area contributed by atoms with E-state index < -0.39 is 0 Å². The lowest BCUT2D eigenvalue weighted by Gasteiger charge is -2.32. The molecule has 7 nitrogen and oxygen atoms in total. The van der Waals surface area contributed by atoms with E-state index in [2.05, 4.69) is 15.5 Å². The number of benzene rings is 2. The maximum atomic E-state index is 13.1. The fourth-order valence-corrected chi connectivity index (χ4v) is 4.01. The second-order valence-electron chi connectivity index (χ2n) is 8.00. The summed E-state index contributed by atoms with van der Waals surface area (Å²) in [6.45, 7) is 1.41. The molecule has 1 saturated heterocycles. The largest absolute Gasteiger partial charge is 0.355 e. The number of carbonyl (C=O) groups excluding carboxylic acids is 2. The molecule has 0 radical (unpaired) electrons. The number of nitrogens with one attached hydrogen (secondary N) is 1. The molecule has 1 fully saturated rings. The van der Waals surface area contributed by atoms with Crippen LogP contribution in [0.4, 0.5) is 4.39 Å². The molecule has 0 saturated carbocycles. The minimum absolute atomic E-state index is 0.0629. The van der Waals surface area contributed by atoms with Gasteiger partial charge in [0, 0.05) is 44.2 Å². The molecule has 8 heteroatoms. The Kier molecular flexibility index (Phi) is 6.58. The first-order chi connectivity index (χ1) is 15.5. The predicted octanol–water partition coefficient (Wildman–Crippen LogP) is 2.83. The molecule has 4 rings (SSSR count). The SMILES string of the molecule is Cn1c(CCNC(=O)[C@@H]2CCCN(C(=O)c3ccc(F)cc3)C2)nnc1-c1ccccc1. The highest BCUT2D eigenvalue weighted by Gasteiger charge is 2.28. The fourth-order valence-electron chi connectivity index (χ4n) is 4.01. The molecule has 0 unspecified atom stereocenters. The number of halogens is 1. The maximum absolute atomic E-state index is 13.1. The molecule has 1 atom stereocenters. The van der Waals surface area contributed by atoms with E-state index in [0.29, 0.717) is 31.6 Å². The van der Waals surface area contributed by atoms with Crippen molar-refractivity contribution < 1.29 is 14.0 Å². The van der Waals surface area contributed by atoms with Crippen molar-refractivity contribution in [2.45, 2.75) is 19.3 Å². The summed E-state index contributed by atoms with van der Waals surface area (Å²) in [6.07, 6.45) is 2.06. The Labute approximate surface area is 186 Å². The summed E-state index contributed by atoms with van der Waals surface area (Å²) in [5.41, 5.74) is 1.43. The molecular weight excluding hydrogens is 409 g/mol. The van der Waals surface area contributed by atoms with Crippen molar-refractivity contribution in [3.8, 4) is 11.4 Å². The lowest BCUT2D eigenvalue weighted by Crippen LogP contribution is -2.45. The van der Waals surface area contributed by atoms with Gasteiger partial charge in [0.1, 0.15) is 11.6 Å². The van der Waals surface area contributed by atoms with Crippen LogP contribution in [0, 0.1) is 11.7 Å². The van der Waals surface area contributed by atoms with E-state index >= 15 is 0 Å². The molecule has 166 valence electrons. The van der Waals surface area contributed by atoms with Gasteiger partial charge < -0.3 is 14.8 Å². The maximum Gasteiger partial charge on any atom is 0.253 e. The van der Waals surface area contributed by atoms with Crippen molar-refractivity contribution in [1.82, 2.24) is 25.0 Å². The number of hydrogen-bond donors (Lipinski definition) is 1. The van der Waals surface area contributed by atoms with Crippen molar-refractivity contribution in [3.63, 3.8) is 0 Å². The standard InChI is InChI=1S/C24H26FN5O2/c1-29-21(27-28-22(29)17-6-3-2-4-7-17)13-14-26-23(31)19-8-5-15-30(16-19)24(32)18-9-11-20(25)12-10-18/h2-4,6-7,9-12,19H,5,8,13-16H2,1H3,(H,26,31)/t19-/m1/s1. The van der Waals surface area contributed by atoms with Gasteiger partial charge in [0.05, 0.1) is 5.92 Å². The van der Waals surface area contributed by atoms with Crippen molar-refractivity contribution in [2.24, 2.45) is 13.0 Å². The molecule has 32 heavy (non-hydrogen) atoms. The van der Waals surface area contributed by atoms with Crippen LogP contribution in [0.1, 0.15) is 29.0 Å². The molecule has 3 aromatic rings. The summed E-state index contributed by atoms with van der Waals surface area (Å²) in [5, 5.41) is 11.5. The van der Waals surface area contributed by atoms with Gasteiger partial charge in [-0.05, 0) is 37.1 Å². The third kappa shape index (κ3) is 4.85. The molecule has 2 aromatic carbocycles. The summed E-state index contributed by atoms with van der Waals surface area (Å²) in [4.78, 5) is 27.1. The Hall–Kier alpha value is -3.55. The Bertz CT molecular complexity index is 1080. The summed E-state index contributed by atoms with van der Waals surface area (Å²) < 4.78 is 15.1. The van der Waals surface area contributed by atoms with Crippen LogP contribution in [0.3, 0.4) is 0 Å². The summed E-state index contributed by atoms with van der Waals surface area (Å²) in [7, 11) is 1.92. The summed E-state index contributed by atoms with van der Waals surface area (Å²) >= 11 is 0. The monoisotopic (exact) mass is 435 g/mol. The molecule has 1 N–H and O–H groups in total. The van der Waals surface area contributed by atoms with Gasteiger partial charge in [0.15, 0.2) is 5.82 Å². The van der Waals surface area contributed by atoms with E-state index in [0.717, 1.165) is 30.1 Å². The van der Waals surface area contributed by atoms with Crippen LogP contribution in [-0.4, -0.2) is 51.1 Å². The zero-order chi connectivity index (χ0) is 22.5. The lowest BCUT2D eigenvalue weighted by molar-refractivity contribution is -0.126. The molecule has 1 aromatic heterocycles. The van der Waals surface area contributed by atoms with E-state index in [1.165, 1.54) is 24.3 Å². The first-order valence-corrected chi connectivity index (χ1v) is 10.8. The fraction of sp³-hybridized carbons (Fsp3) is 0.333. The smallest absolute Gasteiger partial charge is 0.253 e. The number of nitrogens with zero attached hydrogens (tertiary/aromatic N) is 4. The van der Waals surface area contributed by atoms with E-state index in [9.17, 15) is 14.0 Å². The van der Waals surface area contributed by atoms with Crippen LogP contribution in [-0.2, 0) is 18.3 Å². The molecular formula is C24H26FN5O2. The molecule has 2 amide bonds. The van der Waals surface area contributed by atoms with Gasteiger partial charge in [-0.2, -0.15) is 0 Å². The number of likely N-dealkylation sites (tertiary alicyclic amines) is 1. The Balaban J connectivity index is 1.30. The van der Waals surface area contributed by atoms with E-state index in [1.807, 2.05) is 41.9 Å². The number of rotatable bonds is 6. The van der Waals surface area contributed by atoms with Crippen molar-refractivity contribution in [1.29, 1.82) is 0 Å². The van der Waals surface area contributed by atoms with Crippen LogP contribution < -0.4 is 5.32 Å². The molecule has 0 spiro atoms. The van der Waals surface area contributed by atoms with Gasteiger partial charge in [-0.1, -0.05) is 30.3 Å². The van der Waals surface area contributed by atoms with Gasteiger partial charge in [-0.3, -0.25) is 9.59 Å². The summed E-state index contributed by atoms with van der Waals surface area (Å²) in [6, 6.07) is 15.3. The molecule has 0 bridgehead atoms. The second-order valence-corrected chi connectivity index (χ2v) is 8.00. The first kappa shape index (κ1) is 21.7. The highest BCUT2D eigenvalue weighted by Crippen LogP contribution is 2.20. The highest BCUT2D eigenvalue weighted by molar-refractivity contribution is 5.94. The van der Waals surface area contributed by atoms with E-state index in [4.69, 9.17) is 0 Å². The Morgan fingerprint density at radius 1 is 1.09 bits per heavy atom. The van der Waals surface area contributed by atoms with Crippen LogP contribution in [0.2, 0.25) is 0 Å². The molecule has 1 aliphatic rings. The van der Waals surface area contributed by atoms with E-state index in [-0.39, 0.29) is 23.5 Å². The van der Waals surface area contributed by atoms with Gasteiger partial charge >= 0.3 is 0 Å². The average molecular weight is 436 g/mol.